The number of hydrogen-bond donors (Lipinski definition) is 0. The molecular weight excluding hydrogens is 155 g/mol. The van der Waals surface area contributed by atoms with E-state index < -0.39 is 17.1 Å². The van der Waals surface area contributed by atoms with Gasteiger partial charge < -0.3 is 4.90 Å². The Labute approximate surface area is 63.2 Å². The van der Waals surface area contributed by atoms with Gasteiger partial charge in [0, 0.05) is 5.54 Å². The third kappa shape index (κ3) is 0.581. The molecule has 2 rings (SSSR count). The third-order valence-corrected chi connectivity index (χ3v) is 3.23. The van der Waals surface area contributed by atoms with E-state index in [9.17, 15) is 13.2 Å². The summed E-state index contributed by atoms with van der Waals surface area (Å²) in [5.41, 5.74) is -1.80. The zero-order chi connectivity index (χ0) is 8.49. The van der Waals surface area contributed by atoms with E-state index in [1.54, 1.807) is 19.0 Å². The Morgan fingerprint density at radius 1 is 1.18 bits per heavy atom. The topological polar surface area (TPSA) is 3.24 Å². The standard InChI is InChI=1S/C7H10F3N/c1-11(2)6-3-5(6,4-6)7(8,9)10/h3-4H2,1-2H3. The summed E-state index contributed by atoms with van der Waals surface area (Å²) < 4.78 is 36.7. The Balaban J connectivity index is 2.15. The maximum Gasteiger partial charge on any atom is 0.396 e. The van der Waals surface area contributed by atoms with Gasteiger partial charge in [-0.15, -0.1) is 0 Å². The minimum absolute atomic E-state index is 0.316. The van der Waals surface area contributed by atoms with E-state index in [4.69, 9.17) is 0 Å². The highest BCUT2D eigenvalue weighted by Crippen LogP contribution is 2.86. The van der Waals surface area contributed by atoms with Crippen LogP contribution in [0.15, 0.2) is 0 Å². The summed E-state index contributed by atoms with van der Waals surface area (Å²) in [6.07, 6.45) is -3.34. The number of rotatable bonds is 1. The molecular formula is C7H10F3N. The molecule has 0 bridgehead atoms. The maximum atomic E-state index is 12.2. The summed E-state index contributed by atoms with van der Waals surface area (Å²) in [6, 6.07) is 0. The van der Waals surface area contributed by atoms with Gasteiger partial charge in [-0.3, -0.25) is 0 Å². The molecule has 0 atom stereocenters. The summed E-state index contributed by atoms with van der Waals surface area (Å²) in [5, 5.41) is 0. The van der Waals surface area contributed by atoms with Gasteiger partial charge >= 0.3 is 6.18 Å². The van der Waals surface area contributed by atoms with E-state index in [0.717, 1.165) is 0 Å². The van der Waals surface area contributed by atoms with Crippen molar-refractivity contribution in [1.82, 2.24) is 4.90 Å². The molecule has 0 saturated heterocycles. The molecule has 0 N–H and O–H groups in total. The molecule has 0 radical (unpaired) electrons. The molecule has 2 saturated carbocycles. The highest BCUT2D eigenvalue weighted by molar-refractivity contribution is 5.40. The smallest absolute Gasteiger partial charge is 0.303 e. The van der Waals surface area contributed by atoms with Gasteiger partial charge in [-0.05, 0) is 26.9 Å². The molecule has 4 heteroatoms. The van der Waals surface area contributed by atoms with Crippen molar-refractivity contribution in [3.63, 3.8) is 0 Å². The first kappa shape index (κ1) is 7.40. The lowest BCUT2D eigenvalue weighted by Gasteiger charge is -2.11. The third-order valence-electron chi connectivity index (χ3n) is 3.23. The molecule has 0 aromatic rings. The Hall–Kier alpha value is -0.250. The molecule has 1 nitrogen and oxygen atoms in total. The molecule has 2 aliphatic carbocycles. The molecule has 0 unspecified atom stereocenters. The van der Waals surface area contributed by atoms with Crippen LogP contribution in [0.2, 0.25) is 0 Å². The molecule has 2 aliphatic rings. The maximum absolute atomic E-state index is 12.2. The minimum Gasteiger partial charge on any atom is -0.303 e. The van der Waals surface area contributed by atoms with Gasteiger partial charge in [0.1, 0.15) is 0 Å². The Morgan fingerprint density at radius 2 is 1.64 bits per heavy atom. The molecule has 2 fully saturated rings. The first-order valence-corrected chi connectivity index (χ1v) is 3.60. The van der Waals surface area contributed by atoms with Gasteiger partial charge in [0.2, 0.25) is 0 Å². The summed E-state index contributed by atoms with van der Waals surface area (Å²) >= 11 is 0. The van der Waals surface area contributed by atoms with E-state index >= 15 is 0 Å². The van der Waals surface area contributed by atoms with Crippen LogP contribution in [0.1, 0.15) is 12.8 Å². The number of nitrogens with zero attached hydrogens (tertiary/aromatic N) is 1. The number of hydrogen-bond acceptors (Lipinski definition) is 1. The Kier molecular flexibility index (Phi) is 0.971. The normalized spacial score (nSPS) is 47.5. The Morgan fingerprint density at radius 3 is 1.73 bits per heavy atom. The molecule has 0 aromatic carbocycles. The van der Waals surface area contributed by atoms with Crippen LogP contribution in [0, 0.1) is 5.41 Å². The van der Waals surface area contributed by atoms with Gasteiger partial charge in [0.25, 0.3) is 0 Å². The monoisotopic (exact) mass is 165 g/mol. The highest BCUT2D eigenvalue weighted by atomic mass is 19.4. The second-order valence-corrected chi connectivity index (χ2v) is 3.86. The van der Waals surface area contributed by atoms with Crippen molar-refractivity contribution < 1.29 is 13.2 Å². The SMILES string of the molecule is CN(C)C12CC1(C(F)(F)F)C2. The van der Waals surface area contributed by atoms with Crippen LogP contribution < -0.4 is 0 Å². The van der Waals surface area contributed by atoms with Crippen molar-refractivity contribution in [3.8, 4) is 0 Å². The van der Waals surface area contributed by atoms with Crippen LogP contribution in [0.4, 0.5) is 13.2 Å². The van der Waals surface area contributed by atoms with Gasteiger partial charge in [-0.1, -0.05) is 0 Å². The van der Waals surface area contributed by atoms with Crippen LogP contribution in [0.25, 0.3) is 0 Å². The Bertz CT molecular complexity index is 200. The second kappa shape index (κ2) is 1.44. The second-order valence-electron chi connectivity index (χ2n) is 3.86. The van der Waals surface area contributed by atoms with E-state index in [1.165, 1.54) is 0 Å². The van der Waals surface area contributed by atoms with Crippen LogP contribution in [0.3, 0.4) is 0 Å². The fourth-order valence-electron chi connectivity index (χ4n) is 2.07. The predicted octanol–water partition coefficient (Wildman–Crippen LogP) is 1.64. The molecule has 0 aromatic heterocycles. The van der Waals surface area contributed by atoms with E-state index in [0.29, 0.717) is 12.8 Å². The van der Waals surface area contributed by atoms with E-state index in [-0.39, 0.29) is 0 Å². The first-order chi connectivity index (χ1) is 4.86. The molecule has 64 valence electrons. The van der Waals surface area contributed by atoms with Crippen molar-refractivity contribution in [3.05, 3.63) is 0 Å². The molecule has 0 heterocycles. The average molecular weight is 165 g/mol. The number of fused-ring (bicyclic) bond motifs is 1. The predicted molar refractivity (Wildman–Crippen MR) is 34.1 cm³/mol. The number of halogens is 3. The van der Waals surface area contributed by atoms with Gasteiger partial charge in [-0.2, -0.15) is 13.2 Å². The summed E-state index contributed by atoms with van der Waals surface area (Å²) in [4.78, 5) is 1.71. The van der Waals surface area contributed by atoms with Crippen molar-refractivity contribution in [2.24, 2.45) is 5.41 Å². The summed E-state index contributed by atoms with van der Waals surface area (Å²) in [7, 11) is 3.45. The molecule has 0 aliphatic heterocycles. The van der Waals surface area contributed by atoms with E-state index in [1.807, 2.05) is 0 Å². The molecule has 0 spiro atoms. The minimum atomic E-state index is -3.97. The molecule has 0 amide bonds. The van der Waals surface area contributed by atoms with E-state index in [2.05, 4.69) is 0 Å². The first-order valence-electron chi connectivity index (χ1n) is 3.60. The van der Waals surface area contributed by atoms with Crippen molar-refractivity contribution in [2.45, 2.75) is 24.6 Å². The zero-order valence-corrected chi connectivity index (χ0v) is 6.50. The van der Waals surface area contributed by atoms with Gasteiger partial charge in [0.05, 0.1) is 5.41 Å². The van der Waals surface area contributed by atoms with Crippen LogP contribution in [0.5, 0.6) is 0 Å². The lowest BCUT2D eigenvalue weighted by atomic mass is 10.2. The average Bonchev–Trinajstić information content (AvgIpc) is 2.36. The fraction of sp³-hybridized carbons (Fsp3) is 1.00. The van der Waals surface area contributed by atoms with Crippen molar-refractivity contribution in [2.75, 3.05) is 14.1 Å². The lowest BCUT2D eigenvalue weighted by Crippen LogP contribution is -2.23. The number of alkyl halides is 3. The fourth-order valence-corrected chi connectivity index (χ4v) is 2.07. The van der Waals surface area contributed by atoms with Crippen molar-refractivity contribution in [1.29, 1.82) is 0 Å². The molecule has 11 heavy (non-hydrogen) atoms. The summed E-state index contributed by atoms with van der Waals surface area (Å²) in [6.45, 7) is 0. The largest absolute Gasteiger partial charge is 0.396 e. The van der Waals surface area contributed by atoms with Crippen LogP contribution in [-0.2, 0) is 0 Å². The van der Waals surface area contributed by atoms with Gasteiger partial charge in [0.15, 0.2) is 0 Å². The van der Waals surface area contributed by atoms with Crippen molar-refractivity contribution >= 4 is 0 Å². The highest BCUT2D eigenvalue weighted by Gasteiger charge is 2.94. The van der Waals surface area contributed by atoms with Gasteiger partial charge in [-0.25, -0.2) is 0 Å². The lowest BCUT2D eigenvalue weighted by molar-refractivity contribution is -0.168. The van der Waals surface area contributed by atoms with Crippen LogP contribution >= 0.6 is 0 Å². The summed E-state index contributed by atoms with van der Waals surface area (Å²) in [5.74, 6) is 0. The zero-order valence-electron chi connectivity index (χ0n) is 6.50. The quantitative estimate of drug-likeness (QED) is 0.571. The van der Waals surface area contributed by atoms with Crippen LogP contribution in [-0.4, -0.2) is 30.7 Å².